The van der Waals surface area contributed by atoms with Crippen molar-refractivity contribution in [3.8, 4) is 11.8 Å². The highest BCUT2D eigenvalue weighted by atomic mass is 16.5. The Kier molecular flexibility index (Phi) is 9.44. The van der Waals surface area contributed by atoms with E-state index in [4.69, 9.17) is 15.9 Å². The van der Waals surface area contributed by atoms with Crippen LogP contribution < -0.4 is 27.4 Å². The number of benzene rings is 2. The smallest absolute Gasteiger partial charge is 0.268 e. The van der Waals surface area contributed by atoms with Crippen molar-refractivity contribution >= 4 is 34.3 Å². The van der Waals surface area contributed by atoms with Crippen LogP contribution >= 0.6 is 0 Å². The second-order valence-corrected chi connectivity index (χ2v) is 9.53. The molecule has 212 valence electrons. The van der Waals surface area contributed by atoms with Gasteiger partial charge in [0.1, 0.15) is 23.3 Å². The lowest BCUT2D eigenvalue weighted by Crippen LogP contribution is -2.29. The summed E-state index contributed by atoms with van der Waals surface area (Å²) in [7, 11) is 0. The van der Waals surface area contributed by atoms with Gasteiger partial charge in [-0.25, -0.2) is 15.4 Å². The number of nitriles is 1. The van der Waals surface area contributed by atoms with Crippen LogP contribution in [0.1, 0.15) is 62.2 Å². The Bertz CT molecular complexity index is 1630. The standard InChI is InChI=1S/C29H33N9O3/c1-3-21(34-26-20(17-30)18(2)33-29(31)36-26)27-35-23-14-10-13-22(32-16-9-5-8-15-24(39)37-41)25(23)28(40)38(27)19-11-6-4-7-12-19/h4,6-7,10-14,21,32,41H,3,5,8-9,15-16H2,1-2H3,(H,37,39)(H3,31,33,34,36)/t21-/m0/s1. The van der Waals surface area contributed by atoms with Crippen LogP contribution in [0.5, 0.6) is 0 Å². The summed E-state index contributed by atoms with van der Waals surface area (Å²) in [5.41, 5.74) is 9.86. The molecule has 4 rings (SSSR count). The molecule has 4 aromatic rings. The molecule has 0 aliphatic carbocycles. The number of aromatic nitrogens is 4. The van der Waals surface area contributed by atoms with Gasteiger partial charge in [-0.1, -0.05) is 37.6 Å². The van der Waals surface area contributed by atoms with Gasteiger partial charge in [0.2, 0.25) is 11.9 Å². The number of nitrogen functional groups attached to an aromatic ring is 1. The highest BCUT2D eigenvalue weighted by Gasteiger charge is 2.23. The predicted molar refractivity (Wildman–Crippen MR) is 157 cm³/mol. The van der Waals surface area contributed by atoms with Gasteiger partial charge in [0.15, 0.2) is 0 Å². The fourth-order valence-electron chi connectivity index (χ4n) is 4.67. The van der Waals surface area contributed by atoms with Crippen molar-refractivity contribution in [3.63, 3.8) is 0 Å². The first-order valence-corrected chi connectivity index (χ1v) is 13.5. The topological polar surface area (TPSA) is 184 Å². The van der Waals surface area contributed by atoms with Crippen molar-refractivity contribution in [3.05, 3.63) is 76.0 Å². The number of rotatable bonds is 12. The first-order chi connectivity index (χ1) is 19.9. The third-order valence-electron chi connectivity index (χ3n) is 6.71. The first-order valence-electron chi connectivity index (χ1n) is 13.5. The van der Waals surface area contributed by atoms with Gasteiger partial charge in [-0.05, 0) is 50.5 Å². The molecule has 0 aliphatic rings. The lowest BCUT2D eigenvalue weighted by Gasteiger charge is -2.23. The normalized spacial score (nSPS) is 11.6. The largest absolute Gasteiger partial charge is 0.384 e. The van der Waals surface area contributed by atoms with Gasteiger partial charge in [-0.2, -0.15) is 10.2 Å². The van der Waals surface area contributed by atoms with Crippen molar-refractivity contribution < 1.29 is 10.0 Å². The summed E-state index contributed by atoms with van der Waals surface area (Å²) >= 11 is 0. The number of para-hydroxylation sites is 1. The maximum absolute atomic E-state index is 14.2. The van der Waals surface area contributed by atoms with Crippen LogP contribution in [-0.4, -0.2) is 37.2 Å². The van der Waals surface area contributed by atoms with Gasteiger partial charge in [0, 0.05) is 18.7 Å². The van der Waals surface area contributed by atoms with E-state index < -0.39 is 11.9 Å². The summed E-state index contributed by atoms with van der Waals surface area (Å²) in [5.74, 6) is 0.384. The fourth-order valence-corrected chi connectivity index (χ4v) is 4.67. The summed E-state index contributed by atoms with van der Waals surface area (Å²) < 4.78 is 1.59. The van der Waals surface area contributed by atoms with Crippen LogP contribution in [0.25, 0.3) is 16.6 Å². The molecule has 0 bridgehead atoms. The molecule has 2 aromatic heterocycles. The fraction of sp³-hybridized carbons (Fsp3) is 0.310. The molecule has 0 spiro atoms. The highest BCUT2D eigenvalue weighted by Crippen LogP contribution is 2.28. The van der Waals surface area contributed by atoms with E-state index in [2.05, 4.69) is 26.7 Å². The van der Waals surface area contributed by atoms with Gasteiger partial charge >= 0.3 is 0 Å². The molecular weight excluding hydrogens is 522 g/mol. The highest BCUT2D eigenvalue weighted by molar-refractivity contribution is 5.91. The zero-order valence-electron chi connectivity index (χ0n) is 23.0. The van der Waals surface area contributed by atoms with Crippen molar-refractivity contribution in [2.45, 2.75) is 52.0 Å². The molecule has 41 heavy (non-hydrogen) atoms. The van der Waals surface area contributed by atoms with E-state index in [9.17, 15) is 14.9 Å². The Morgan fingerprint density at radius 2 is 1.88 bits per heavy atom. The van der Waals surface area contributed by atoms with Crippen molar-refractivity contribution in [2.75, 3.05) is 22.9 Å². The van der Waals surface area contributed by atoms with E-state index in [0.29, 0.717) is 53.2 Å². The number of anilines is 3. The minimum absolute atomic E-state index is 0.0400. The number of hydrogen-bond acceptors (Lipinski definition) is 10. The molecule has 1 amide bonds. The number of amides is 1. The average Bonchev–Trinajstić information content (AvgIpc) is 2.97. The zero-order chi connectivity index (χ0) is 29.4. The Labute approximate surface area is 237 Å². The Morgan fingerprint density at radius 1 is 1.10 bits per heavy atom. The number of carbonyl (C=O) groups excluding carboxylic acids is 1. The molecule has 2 aromatic carbocycles. The van der Waals surface area contributed by atoms with Crippen LogP contribution in [-0.2, 0) is 4.79 Å². The van der Waals surface area contributed by atoms with E-state index >= 15 is 0 Å². The molecule has 6 N–H and O–H groups in total. The molecule has 2 heterocycles. The Morgan fingerprint density at radius 3 is 2.59 bits per heavy atom. The van der Waals surface area contributed by atoms with Crippen molar-refractivity contribution in [2.24, 2.45) is 0 Å². The van der Waals surface area contributed by atoms with Crippen molar-refractivity contribution in [1.82, 2.24) is 25.0 Å². The molecule has 0 saturated carbocycles. The maximum Gasteiger partial charge on any atom is 0.268 e. The van der Waals surface area contributed by atoms with Gasteiger partial charge < -0.3 is 16.4 Å². The minimum atomic E-state index is -0.485. The zero-order valence-corrected chi connectivity index (χ0v) is 23.0. The number of nitrogens with two attached hydrogens (primary N) is 1. The number of unbranched alkanes of at least 4 members (excludes halogenated alkanes) is 2. The predicted octanol–water partition coefficient (Wildman–Crippen LogP) is 3.98. The van der Waals surface area contributed by atoms with Gasteiger partial charge in [0.25, 0.3) is 5.56 Å². The van der Waals surface area contributed by atoms with E-state index in [-0.39, 0.29) is 29.3 Å². The number of nitrogens with one attached hydrogen (secondary N) is 3. The molecule has 12 nitrogen and oxygen atoms in total. The number of fused-ring (bicyclic) bond motifs is 1. The molecule has 0 fully saturated rings. The molecule has 1 atom stereocenters. The number of hydrogen-bond donors (Lipinski definition) is 5. The quantitative estimate of drug-likeness (QED) is 0.0973. The van der Waals surface area contributed by atoms with Gasteiger partial charge in [0.05, 0.1) is 28.3 Å². The van der Waals surface area contributed by atoms with E-state index in [1.54, 1.807) is 23.0 Å². The summed E-state index contributed by atoms with van der Waals surface area (Å²) in [4.78, 5) is 38.7. The average molecular weight is 556 g/mol. The summed E-state index contributed by atoms with van der Waals surface area (Å²) in [5, 5.41) is 25.5. The summed E-state index contributed by atoms with van der Waals surface area (Å²) in [6.07, 6.45) is 2.99. The van der Waals surface area contributed by atoms with Crippen LogP contribution in [0.4, 0.5) is 17.5 Å². The van der Waals surface area contributed by atoms with E-state index in [1.807, 2.05) is 49.4 Å². The number of nitrogens with zero attached hydrogens (tertiary/aromatic N) is 5. The minimum Gasteiger partial charge on any atom is -0.384 e. The number of hydroxylamine groups is 1. The molecule has 0 saturated heterocycles. The van der Waals surface area contributed by atoms with E-state index in [0.717, 1.165) is 12.8 Å². The maximum atomic E-state index is 14.2. The molecule has 12 heteroatoms. The second-order valence-electron chi connectivity index (χ2n) is 9.53. The number of carbonyl (C=O) groups is 1. The third kappa shape index (κ3) is 6.59. The Hall–Kier alpha value is -5.02. The molecule has 0 radical (unpaired) electrons. The lowest BCUT2D eigenvalue weighted by molar-refractivity contribution is -0.129. The van der Waals surface area contributed by atoms with Crippen LogP contribution in [0.2, 0.25) is 0 Å². The SMILES string of the molecule is CC[C@H](Nc1nc(N)nc(C)c1C#N)c1nc2cccc(NCCCCCC(=O)NO)c2c(=O)n1-c1ccccc1. The third-order valence-corrected chi connectivity index (χ3v) is 6.71. The molecular formula is C29H33N9O3. The lowest BCUT2D eigenvalue weighted by atomic mass is 10.1. The summed E-state index contributed by atoms with van der Waals surface area (Å²) in [6, 6.07) is 16.4. The monoisotopic (exact) mass is 555 g/mol. The van der Waals surface area contributed by atoms with Crippen molar-refractivity contribution in [1.29, 1.82) is 5.26 Å². The van der Waals surface area contributed by atoms with Gasteiger partial charge in [-0.3, -0.25) is 19.4 Å². The molecule has 0 aliphatic heterocycles. The number of aryl methyl sites for hydroxylation is 1. The Balaban J connectivity index is 1.74. The van der Waals surface area contributed by atoms with Crippen LogP contribution in [0.3, 0.4) is 0 Å². The van der Waals surface area contributed by atoms with E-state index in [1.165, 1.54) is 0 Å². The van der Waals surface area contributed by atoms with Crippen LogP contribution in [0, 0.1) is 18.3 Å². The molecule has 0 unspecified atom stereocenters. The summed E-state index contributed by atoms with van der Waals surface area (Å²) in [6.45, 7) is 4.24. The van der Waals surface area contributed by atoms with Crippen LogP contribution in [0.15, 0.2) is 53.3 Å². The first kappa shape index (κ1) is 29.0. The second kappa shape index (κ2) is 13.4. The van der Waals surface area contributed by atoms with Gasteiger partial charge in [-0.15, -0.1) is 0 Å².